The molecular weight excluding hydrogens is 150 g/mol. The predicted octanol–water partition coefficient (Wildman–Crippen LogP) is 1.66. The lowest BCUT2D eigenvalue weighted by atomic mass is 10.2. The number of anilines is 1. The largest absolute Gasteiger partial charge is 0.399 e. The molecule has 0 fully saturated rings. The summed E-state index contributed by atoms with van der Waals surface area (Å²) < 4.78 is 45.3. The molecule has 1 heterocycles. The number of rotatable bonds is 1. The molecule has 3 nitrogen and oxygen atoms in total. The number of imidazole rings is 1. The fraction of sp³-hybridized carbons (Fsp3) is 0. The number of nitrogens with two attached hydrogens (primary N) is 1. The first kappa shape index (κ1) is 2.94. The monoisotopic (exact) mass is 165 g/mol. The van der Waals surface area contributed by atoms with Crippen molar-refractivity contribution in [1.82, 2.24) is 9.97 Å². The van der Waals surface area contributed by atoms with Crippen LogP contribution in [0.5, 0.6) is 0 Å². The molecule has 12 heavy (non-hydrogen) atoms. The number of nitrogens with one attached hydrogen (secondary N) is 1. The summed E-state index contributed by atoms with van der Waals surface area (Å²) in [4.78, 5) is 6.13. The third kappa shape index (κ3) is 1.16. The number of nitrogens with zero attached hydrogens (tertiary/aromatic N) is 1. The van der Waals surface area contributed by atoms with Crippen LogP contribution < -0.4 is 5.73 Å². The highest BCUT2D eigenvalue weighted by Gasteiger charge is 1.96. The Morgan fingerprint density at radius 2 is 2.08 bits per heavy atom. The van der Waals surface area contributed by atoms with Gasteiger partial charge in [-0.2, -0.15) is 0 Å². The van der Waals surface area contributed by atoms with Crippen LogP contribution in [0.1, 0.15) is 8.22 Å². The number of aromatic amines is 1. The van der Waals surface area contributed by atoms with E-state index in [9.17, 15) is 0 Å². The van der Waals surface area contributed by atoms with Crippen LogP contribution in [-0.4, -0.2) is 9.97 Å². The summed E-state index contributed by atoms with van der Waals surface area (Å²) in [5, 5.41) is 0. The molecule has 0 amide bonds. The minimum absolute atomic E-state index is 0.0398. The molecule has 0 aliphatic rings. The maximum Gasteiger partial charge on any atom is 0.137 e. The minimum atomic E-state index is -0.361. The smallest absolute Gasteiger partial charge is 0.137 e. The van der Waals surface area contributed by atoms with Gasteiger partial charge in [-0.25, -0.2) is 4.98 Å². The second kappa shape index (κ2) is 2.70. The maximum atomic E-state index is 7.74. The molecule has 1 aromatic heterocycles. The summed E-state index contributed by atoms with van der Waals surface area (Å²) >= 11 is 0. The summed E-state index contributed by atoms with van der Waals surface area (Å²) in [5.41, 5.74) is 5.12. The van der Waals surface area contributed by atoms with Crippen molar-refractivity contribution in [2.75, 3.05) is 5.73 Å². The highest BCUT2D eigenvalue weighted by atomic mass is 14.9. The number of hydrogen-bond acceptors (Lipinski definition) is 2. The van der Waals surface area contributed by atoms with E-state index < -0.39 is 0 Å². The van der Waals surface area contributed by atoms with E-state index in [0.29, 0.717) is 0 Å². The molecule has 3 N–H and O–H groups in total. The highest BCUT2D eigenvalue weighted by molar-refractivity contribution is 5.58. The number of H-pyrrole nitrogens is 1. The Kier molecular flexibility index (Phi) is 0.659. The predicted molar refractivity (Wildman–Crippen MR) is 48.4 cm³/mol. The first-order valence-electron chi connectivity index (χ1n) is 6.24. The molecule has 1 aromatic carbocycles. The summed E-state index contributed by atoms with van der Waals surface area (Å²) in [5.74, 6) is -0.0398. The van der Waals surface area contributed by atoms with Gasteiger partial charge in [0.25, 0.3) is 0 Å². The Morgan fingerprint density at radius 1 is 1.33 bits per heavy atom. The van der Waals surface area contributed by atoms with Crippen LogP contribution >= 0.6 is 0 Å². The second-order valence-electron chi connectivity index (χ2n) is 2.11. The highest BCUT2D eigenvalue weighted by Crippen LogP contribution is 2.15. The number of benzene rings is 1. The fourth-order valence-electron chi connectivity index (χ4n) is 0.758. The zero-order chi connectivity index (χ0) is 13.6. The van der Waals surface area contributed by atoms with Gasteiger partial charge < -0.3 is 10.7 Å². The van der Waals surface area contributed by atoms with Crippen LogP contribution in [0.4, 0.5) is 5.69 Å². The van der Waals surface area contributed by atoms with E-state index in [1.54, 1.807) is 0 Å². The van der Waals surface area contributed by atoms with Gasteiger partial charge >= 0.3 is 0 Å². The third-order valence-electron chi connectivity index (χ3n) is 1.29. The zero-order valence-electron chi connectivity index (χ0n) is 12.0. The van der Waals surface area contributed by atoms with Crippen LogP contribution in [0.3, 0.4) is 0 Å². The van der Waals surface area contributed by atoms with Gasteiger partial charge in [0.2, 0.25) is 0 Å². The van der Waals surface area contributed by atoms with Gasteiger partial charge in [-0.15, -0.1) is 0 Å². The normalized spacial score (nSPS) is 17.0. The Bertz CT molecular complexity index is 587. The fourth-order valence-corrected chi connectivity index (χ4v) is 0.758. The molecule has 0 spiro atoms. The molecule has 2 rings (SSSR count). The van der Waals surface area contributed by atoms with Gasteiger partial charge in [-0.3, -0.25) is 0 Å². The topological polar surface area (TPSA) is 54.7 Å². The van der Waals surface area contributed by atoms with E-state index in [2.05, 4.69) is 9.97 Å². The van der Waals surface area contributed by atoms with E-state index in [0.717, 1.165) is 0 Å². The lowest BCUT2D eigenvalue weighted by molar-refractivity contribution is 1.31. The van der Waals surface area contributed by atoms with E-state index in [4.69, 9.17) is 14.0 Å². The second-order valence-corrected chi connectivity index (χ2v) is 2.11. The molecule has 60 valence electrons. The van der Waals surface area contributed by atoms with Crippen molar-refractivity contribution in [1.29, 1.82) is 0 Å². The van der Waals surface area contributed by atoms with Gasteiger partial charge in [0.1, 0.15) is 5.82 Å². The van der Waals surface area contributed by atoms with Crippen LogP contribution in [-0.2, 0) is 0 Å². The molecule has 0 atom stereocenters. The van der Waals surface area contributed by atoms with Crippen LogP contribution in [0.2, 0.25) is 0 Å². The quantitative estimate of drug-likeness (QED) is 0.631. The van der Waals surface area contributed by atoms with Crippen LogP contribution in [0, 0.1) is 0 Å². The molecule has 0 radical (unpaired) electrons. The SMILES string of the molecule is [2H]c1nc(-c2c([2H])c([2H])c(N)c([2H])c2[2H])[nH]c1[2H]. The van der Waals surface area contributed by atoms with Crippen molar-refractivity contribution < 1.29 is 8.22 Å². The summed E-state index contributed by atoms with van der Waals surface area (Å²) in [7, 11) is 0. The minimum Gasteiger partial charge on any atom is -0.399 e. The van der Waals surface area contributed by atoms with Gasteiger partial charge in [0, 0.05) is 23.6 Å². The number of aromatic nitrogens is 2. The Labute approximate surface area is 78.7 Å². The molecule has 2 aromatic rings. The molecule has 0 saturated heterocycles. The summed E-state index contributed by atoms with van der Waals surface area (Å²) in [6.45, 7) is 0. The molecular formula is C9H9N3. The first-order chi connectivity index (χ1) is 8.34. The molecule has 0 unspecified atom stereocenters. The third-order valence-corrected chi connectivity index (χ3v) is 1.29. The van der Waals surface area contributed by atoms with E-state index in [-0.39, 0.29) is 53.6 Å². The summed E-state index contributed by atoms with van der Waals surface area (Å²) in [6.07, 6.45) is -0.572. The van der Waals surface area contributed by atoms with Gasteiger partial charge in [-0.05, 0) is 24.2 Å². The van der Waals surface area contributed by atoms with Crippen molar-refractivity contribution in [3.05, 3.63) is 36.5 Å². The van der Waals surface area contributed by atoms with Crippen LogP contribution in [0.15, 0.2) is 36.5 Å². The van der Waals surface area contributed by atoms with Gasteiger partial charge in [0.05, 0.1) is 8.22 Å². The lowest BCUT2D eigenvalue weighted by Gasteiger charge is -1.96. The van der Waals surface area contributed by atoms with Crippen molar-refractivity contribution in [2.24, 2.45) is 0 Å². The number of nitrogen functional groups attached to an aromatic ring is 1. The van der Waals surface area contributed by atoms with E-state index in [1.165, 1.54) is 0 Å². The zero-order valence-corrected chi connectivity index (χ0v) is 6.02. The number of hydrogen-bond donors (Lipinski definition) is 2. The lowest BCUT2D eigenvalue weighted by Crippen LogP contribution is -1.84. The molecule has 0 bridgehead atoms. The average Bonchev–Trinajstić information content (AvgIpc) is 2.64. The first-order valence-corrected chi connectivity index (χ1v) is 3.24. The molecule has 0 aliphatic carbocycles. The molecule has 3 heteroatoms. The van der Waals surface area contributed by atoms with Gasteiger partial charge in [-0.1, -0.05) is 0 Å². The Balaban J connectivity index is 2.79. The molecule has 0 aliphatic heterocycles. The average molecular weight is 165 g/mol. The van der Waals surface area contributed by atoms with Crippen molar-refractivity contribution in [2.45, 2.75) is 0 Å². The van der Waals surface area contributed by atoms with E-state index in [1.807, 2.05) is 0 Å². The van der Waals surface area contributed by atoms with Crippen molar-refractivity contribution >= 4 is 5.69 Å². The summed E-state index contributed by atoms with van der Waals surface area (Å²) in [6, 6.07) is -1.41. The van der Waals surface area contributed by atoms with E-state index >= 15 is 0 Å². The molecule has 0 saturated carbocycles. The van der Waals surface area contributed by atoms with Gasteiger partial charge in [0.15, 0.2) is 0 Å². The maximum absolute atomic E-state index is 7.74. The Hall–Kier alpha value is -1.77. The van der Waals surface area contributed by atoms with Crippen molar-refractivity contribution in [3.63, 3.8) is 0 Å². The van der Waals surface area contributed by atoms with Crippen LogP contribution in [0.25, 0.3) is 11.4 Å². The standard InChI is InChI=1S/C9H9N3/c10-8-3-1-7(2-4-8)9-11-5-6-12-9/h1-6H,10H2,(H,11,12)/i1D,2D,3D,4D,5D,6D. The Morgan fingerprint density at radius 3 is 2.67 bits per heavy atom. The van der Waals surface area contributed by atoms with Crippen molar-refractivity contribution in [3.8, 4) is 11.4 Å².